The maximum Gasteiger partial charge on any atom is 0.271 e. The van der Waals surface area contributed by atoms with E-state index < -0.39 is 5.60 Å². The van der Waals surface area contributed by atoms with Crippen LogP contribution in [0.25, 0.3) is 11.3 Å². The summed E-state index contributed by atoms with van der Waals surface area (Å²) in [4.78, 5) is 17.0. The van der Waals surface area contributed by atoms with E-state index in [0.717, 1.165) is 19.5 Å². The van der Waals surface area contributed by atoms with Gasteiger partial charge in [-0.15, -0.1) is 0 Å². The number of nitrogens with zero attached hydrogens (tertiary/aromatic N) is 3. The Kier molecular flexibility index (Phi) is 5.46. The molecule has 150 valence electrons. The van der Waals surface area contributed by atoms with E-state index in [2.05, 4.69) is 15.1 Å². The zero-order chi connectivity index (χ0) is 19.6. The van der Waals surface area contributed by atoms with Crippen molar-refractivity contribution in [3.05, 3.63) is 41.8 Å². The van der Waals surface area contributed by atoms with Crippen LogP contribution < -0.4 is 0 Å². The third kappa shape index (κ3) is 4.10. The number of aromatic amines is 1. The quantitative estimate of drug-likeness (QED) is 0.847. The van der Waals surface area contributed by atoms with Crippen LogP contribution in [0.4, 0.5) is 4.39 Å². The minimum atomic E-state index is -0.730. The van der Waals surface area contributed by atoms with E-state index >= 15 is 0 Å². The Morgan fingerprint density at radius 1 is 1.14 bits per heavy atom. The van der Waals surface area contributed by atoms with Gasteiger partial charge in [0.25, 0.3) is 5.91 Å². The second kappa shape index (κ2) is 8.01. The first-order valence-electron chi connectivity index (χ1n) is 10.1. The van der Waals surface area contributed by atoms with Gasteiger partial charge in [0, 0.05) is 25.2 Å². The van der Waals surface area contributed by atoms with E-state index in [1.165, 1.54) is 18.9 Å². The van der Waals surface area contributed by atoms with Crippen molar-refractivity contribution in [2.24, 2.45) is 0 Å². The Morgan fingerprint density at radius 3 is 2.71 bits per heavy atom. The van der Waals surface area contributed by atoms with Crippen LogP contribution in [0.3, 0.4) is 0 Å². The smallest absolute Gasteiger partial charge is 0.271 e. The normalized spacial score (nSPS) is 23.7. The second-order valence-corrected chi connectivity index (χ2v) is 8.00. The van der Waals surface area contributed by atoms with Crippen LogP contribution in [0, 0.1) is 5.82 Å². The van der Waals surface area contributed by atoms with Crippen LogP contribution in [0.5, 0.6) is 0 Å². The summed E-state index contributed by atoms with van der Waals surface area (Å²) >= 11 is 0. The lowest BCUT2D eigenvalue weighted by Gasteiger charge is -2.31. The third-order valence-electron chi connectivity index (χ3n) is 5.88. The SMILES string of the molecule is O=C(c1cc(-c2ccccc2F)n[nH]1)N1CCC[C@@](O)(CN2CCCC2)CC1. The van der Waals surface area contributed by atoms with E-state index in [0.29, 0.717) is 49.4 Å². The first-order valence-corrected chi connectivity index (χ1v) is 10.1. The average molecular weight is 386 g/mol. The van der Waals surface area contributed by atoms with Crippen LogP contribution in [-0.4, -0.2) is 69.3 Å². The van der Waals surface area contributed by atoms with Crippen molar-refractivity contribution in [3.63, 3.8) is 0 Å². The van der Waals surface area contributed by atoms with Gasteiger partial charge in [-0.25, -0.2) is 4.39 Å². The van der Waals surface area contributed by atoms with Crippen LogP contribution in [0.1, 0.15) is 42.6 Å². The van der Waals surface area contributed by atoms with Crippen LogP contribution >= 0.6 is 0 Å². The predicted molar refractivity (Wildman–Crippen MR) is 104 cm³/mol. The number of likely N-dealkylation sites (tertiary alicyclic amines) is 2. The summed E-state index contributed by atoms with van der Waals surface area (Å²) in [5, 5.41) is 17.9. The van der Waals surface area contributed by atoms with Crippen molar-refractivity contribution in [1.82, 2.24) is 20.0 Å². The topological polar surface area (TPSA) is 72.5 Å². The number of hydrogen-bond acceptors (Lipinski definition) is 4. The molecule has 0 bridgehead atoms. The Morgan fingerprint density at radius 2 is 1.93 bits per heavy atom. The Hall–Kier alpha value is -2.25. The number of halogens is 1. The first kappa shape index (κ1) is 19.1. The molecule has 1 aromatic carbocycles. The predicted octanol–water partition coefficient (Wildman–Crippen LogP) is 2.67. The molecular weight excluding hydrogens is 359 g/mol. The minimum absolute atomic E-state index is 0.152. The van der Waals surface area contributed by atoms with Crippen molar-refractivity contribution in [2.45, 2.75) is 37.7 Å². The molecule has 2 aliphatic rings. The molecule has 0 aliphatic carbocycles. The fourth-order valence-electron chi connectivity index (χ4n) is 4.31. The zero-order valence-corrected chi connectivity index (χ0v) is 16.0. The number of amides is 1. The molecule has 1 atom stereocenters. The molecule has 2 aromatic rings. The maximum atomic E-state index is 14.0. The Bertz CT molecular complexity index is 833. The number of hydrogen-bond donors (Lipinski definition) is 2. The van der Waals surface area contributed by atoms with Gasteiger partial charge in [0.15, 0.2) is 0 Å². The van der Waals surface area contributed by atoms with Gasteiger partial charge in [-0.05, 0) is 63.4 Å². The fraction of sp³-hybridized carbons (Fsp3) is 0.524. The van der Waals surface area contributed by atoms with Crippen molar-refractivity contribution < 1.29 is 14.3 Å². The molecule has 0 spiro atoms. The van der Waals surface area contributed by atoms with Gasteiger partial charge >= 0.3 is 0 Å². The van der Waals surface area contributed by atoms with Gasteiger partial charge in [0.2, 0.25) is 0 Å². The number of benzene rings is 1. The van der Waals surface area contributed by atoms with Crippen molar-refractivity contribution >= 4 is 5.91 Å². The molecule has 0 saturated carbocycles. The number of H-pyrrole nitrogens is 1. The highest BCUT2D eigenvalue weighted by atomic mass is 19.1. The first-order chi connectivity index (χ1) is 13.5. The summed E-state index contributed by atoms with van der Waals surface area (Å²) in [6.07, 6.45) is 4.44. The van der Waals surface area contributed by atoms with E-state index in [4.69, 9.17) is 0 Å². The van der Waals surface area contributed by atoms with E-state index in [-0.39, 0.29) is 11.7 Å². The molecule has 2 saturated heterocycles. The maximum absolute atomic E-state index is 14.0. The molecule has 2 aliphatic heterocycles. The molecule has 7 heteroatoms. The Labute approximate surface area is 164 Å². The van der Waals surface area contributed by atoms with E-state index in [1.807, 2.05) is 0 Å². The summed E-state index contributed by atoms with van der Waals surface area (Å²) in [7, 11) is 0. The number of aromatic nitrogens is 2. The van der Waals surface area contributed by atoms with Gasteiger partial charge in [-0.3, -0.25) is 9.89 Å². The molecule has 2 fully saturated rings. The number of carbonyl (C=O) groups excluding carboxylic acids is 1. The molecule has 1 aromatic heterocycles. The lowest BCUT2D eigenvalue weighted by atomic mass is 9.94. The lowest BCUT2D eigenvalue weighted by molar-refractivity contribution is -0.00291. The zero-order valence-electron chi connectivity index (χ0n) is 16.0. The highest BCUT2D eigenvalue weighted by Gasteiger charge is 2.34. The second-order valence-electron chi connectivity index (χ2n) is 8.00. The third-order valence-corrected chi connectivity index (χ3v) is 5.88. The number of β-amino-alcohol motifs (C(OH)–C–C–N with tert-alkyl or cyclic N) is 1. The number of rotatable bonds is 4. The number of nitrogens with one attached hydrogen (secondary N) is 1. The summed E-state index contributed by atoms with van der Waals surface area (Å²) in [5.74, 6) is -0.518. The minimum Gasteiger partial charge on any atom is -0.388 e. The molecule has 0 unspecified atom stereocenters. The standard InChI is InChI=1S/C21H27FN4O2/c22-17-7-2-1-6-16(17)18-14-19(24-23-18)20(27)26-12-5-8-21(28,9-13-26)15-25-10-3-4-11-25/h1-2,6-7,14,28H,3-5,8-13,15H2,(H,23,24)/t21-/m0/s1. The highest BCUT2D eigenvalue weighted by molar-refractivity contribution is 5.93. The van der Waals surface area contributed by atoms with Crippen molar-refractivity contribution in [2.75, 3.05) is 32.7 Å². The van der Waals surface area contributed by atoms with Crippen molar-refractivity contribution in [1.29, 1.82) is 0 Å². The van der Waals surface area contributed by atoms with Crippen LogP contribution in [0.2, 0.25) is 0 Å². The molecule has 2 N–H and O–H groups in total. The molecule has 4 rings (SSSR count). The summed E-state index contributed by atoms with van der Waals surface area (Å²) < 4.78 is 14.0. The lowest BCUT2D eigenvalue weighted by Crippen LogP contribution is -2.43. The molecule has 1 amide bonds. The average Bonchev–Trinajstić information content (AvgIpc) is 3.33. The summed E-state index contributed by atoms with van der Waals surface area (Å²) in [6.45, 7) is 3.92. The fourth-order valence-corrected chi connectivity index (χ4v) is 4.31. The molecule has 3 heterocycles. The monoisotopic (exact) mass is 386 g/mol. The van der Waals surface area contributed by atoms with Crippen LogP contribution in [-0.2, 0) is 0 Å². The molecule has 28 heavy (non-hydrogen) atoms. The molecule has 6 nitrogen and oxygen atoms in total. The van der Waals surface area contributed by atoms with E-state index in [9.17, 15) is 14.3 Å². The highest BCUT2D eigenvalue weighted by Crippen LogP contribution is 2.27. The van der Waals surface area contributed by atoms with E-state index in [1.54, 1.807) is 29.2 Å². The van der Waals surface area contributed by atoms with Crippen molar-refractivity contribution in [3.8, 4) is 11.3 Å². The van der Waals surface area contributed by atoms with Gasteiger partial charge < -0.3 is 14.9 Å². The number of carbonyl (C=O) groups is 1. The van der Waals surface area contributed by atoms with Gasteiger partial charge in [-0.2, -0.15) is 5.10 Å². The van der Waals surface area contributed by atoms with Crippen LogP contribution in [0.15, 0.2) is 30.3 Å². The molecule has 0 radical (unpaired) electrons. The summed E-state index contributed by atoms with van der Waals surface area (Å²) in [5.41, 5.74) is 0.407. The Balaban J connectivity index is 1.42. The largest absolute Gasteiger partial charge is 0.388 e. The van der Waals surface area contributed by atoms with Gasteiger partial charge in [0.05, 0.1) is 11.3 Å². The summed E-state index contributed by atoms with van der Waals surface area (Å²) in [6, 6.07) is 7.98. The number of aliphatic hydroxyl groups is 1. The molecular formula is C21H27FN4O2. The van der Waals surface area contributed by atoms with Gasteiger partial charge in [0.1, 0.15) is 11.5 Å². The van der Waals surface area contributed by atoms with Gasteiger partial charge in [-0.1, -0.05) is 12.1 Å².